The fraction of sp³-hybridized carbons (Fsp3) is 0.462. The molecule has 0 unspecified atom stereocenters. The molecule has 1 aliphatic heterocycles. The molecule has 2 heterocycles. The summed E-state index contributed by atoms with van der Waals surface area (Å²) in [6, 6.07) is 4.52. The highest BCUT2D eigenvalue weighted by molar-refractivity contribution is 7.89. The molecule has 3 N–H and O–H groups in total. The van der Waals surface area contributed by atoms with E-state index in [-0.39, 0.29) is 10.6 Å². The number of hydrogen-bond donors (Lipinski definition) is 3. The number of imidazole rings is 1. The summed E-state index contributed by atoms with van der Waals surface area (Å²) >= 11 is 0. The van der Waals surface area contributed by atoms with E-state index in [2.05, 4.69) is 14.7 Å². The zero-order chi connectivity index (χ0) is 14.9. The fourth-order valence-electron chi connectivity index (χ4n) is 2.44. The molecule has 0 spiro atoms. The van der Waals surface area contributed by atoms with Crippen molar-refractivity contribution in [2.75, 3.05) is 19.8 Å². The van der Waals surface area contributed by atoms with E-state index in [1.54, 1.807) is 6.07 Å². The quantitative estimate of drug-likeness (QED) is 0.767. The molecule has 1 aromatic heterocycles. The number of aromatic amines is 2. The Morgan fingerprint density at radius 2 is 1.90 bits per heavy atom. The van der Waals surface area contributed by atoms with Gasteiger partial charge in [0, 0.05) is 19.8 Å². The van der Waals surface area contributed by atoms with Crippen molar-refractivity contribution in [3.63, 3.8) is 0 Å². The van der Waals surface area contributed by atoms with E-state index in [1.165, 1.54) is 12.1 Å². The third-order valence-electron chi connectivity index (χ3n) is 3.70. The van der Waals surface area contributed by atoms with E-state index >= 15 is 0 Å². The van der Waals surface area contributed by atoms with Gasteiger partial charge in [0.1, 0.15) is 0 Å². The summed E-state index contributed by atoms with van der Waals surface area (Å²) in [5.41, 5.74) is 0.715. The molecule has 1 aliphatic rings. The van der Waals surface area contributed by atoms with E-state index < -0.39 is 10.0 Å². The van der Waals surface area contributed by atoms with Crippen molar-refractivity contribution in [3.05, 3.63) is 28.7 Å². The van der Waals surface area contributed by atoms with Crippen molar-refractivity contribution in [2.24, 2.45) is 5.92 Å². The van der Waals surface area contributed by atoms with Gasteiger partial charge in [-0.2, -0.15) is 0 Å². The van der Waals surface area contributed by atoms with Crippen LogP contribution in [0.1, 0.15) is 12.8 Å². The summed E-state index contributed by atoms with van der Waals surface area (Å²) in [6.45, 7) is 1.78. The van der Waals surface area contributed by atoms with Gasteiger partial charge in [0.25, 0.3) is 0 Å². The Morgan fingerprint density at radius 1 is 1.19 bits per heavy atom. The zero-order valence-corrected chi connectivity index (χ0v) is 12.2. The zero-order valence-electron chi connectivity index (χ0n) is 11.4. The summed E-state index contributed by atoms with van der Waals surface area (Å²) in [7, 11) is -3.57. The molecular weight excluding hydrogens is 294 g/mol. The number of ether oxygens (including phenoxy) is 1. The van der Waals surface area contributed by atoms with Crippen molar-refractivity contribution in [3.8, 4) is 0 Å². The van der Waals surface area contributed by atoms with Gasteiger partial charge in [-0.1, -0.05) is 0 Å². The number of benzene rings is 1. The van der Waals surface area contributed by atoms with Crippen molar-refractivity contribution in [1.29, 1.82) is 0 Å². The number of aromatic nitrogens is 2. The summed E-state index contributed by atoms with van der Waals surface area (Å²) in [5, 5.41) is 0. The highest BCUT2D eigenvalue weighted by Crippen LogP contribution is 2.17. The second kappa shape index (κ2) is 5.63. The number of fused-ring (bicyclic) bond motifs is 1. The molecule has 21 heavy (non-hydrogen) atoms. The molecule has 2 aromatic rings. The molecule has 0 aliphatic carbocycles. The standard InChI is InChI=1S/C13H17N3O4S/c17-13-15-11-2-1-10(7-12(11)16-13)21(18,19)14-8-9-3-5-20-6-4-9/h1-2,7,9,14H,3-6,8H2,(H2,15,16,17). The SMILES string of the molecule is O=c1[nH]c2ccc(S(=O)(=O)NCC3CCOCC3)cc2[nH]1. The lowest BCUT2D eigenvalue weighted by Crippen LogP contribution is -2.32. The number of sulfonamides is 1. The molecule has 1 saturated heterocycles. The molecule has 0 radical (unpaired) electrons. The number of hydrogen-bond acceptors (Lipinski definition) is 4. The van der Waals surface area contributed by atoms with Crippen LogP contribution in [0.4, 0.5) is 0 Å². The smallest absolute Gasteiger partial charge is 0.323 e. The summed E-state index contributed by atoms with van der Waals surface area (Å²) in [4.78, 5) is 16.5. The molecular formula is C13H17N3O4S. The first-order chi connectivity index (χ1) is 10.0. The van der Waals surface area contributed by atoms with Gasteiger partial charge in [-0.25, -0.2) is 17.9 Å². The Hall–Kier alpha value is -1.64. The van der Waals surface area contributed by atoms with Crippen molar-refractivity contribution >= 4 is 21.1 Å². The van der Waals surface area contributed by atoms with Crippen LogP contribution >= 0.6 is 0 Å². The maximum absolute atomic E-state index is 12.3. The van der Waals surface area contributed by atoms with Crippen molar-refractivity contribution in [1.82, 2.24) is 14.7 Å². The molecule has 0 atom stereocenters. The minimum Gasteiger partial charge on any atom is -0.381 e. The first kappa shape index (κ1) is 14.3. The van der Waals surface area contributed by atoms with Crippen molar-refractivity contribution in [2.45, 2.75) is 17.7 Å². The molecule has 3 rings (SSSR count). The fourth-order valence-corrected chi connectivity index (χ4v) is 3.58. The van der Waals surface area contributed by atoms with Gasteiger partial charge in [0.15, 0.2) is 0 Å². The van der Waals surface area contributed by atoms with E-state index in [0.717, 1.165) is 12.8 Å². The van der Waals surface area contributed by atoms with Gasteiger partial charge >= 0.3 is 5.69 Å². The lowest BCUT2D eigenvalue weighted by molar-refractivity contribution is 0.0678. The second-order valence-electron chi connectivity index (χ2n) is 5.19. The highest BCUT2D eigenvalue weighted by Gasteiger charge is 2.19. The third-order valence-corrected chi connectivity index (χ3v) is 5.12. The average Bonchev–Trinajstić information content (AvgIpc) is 2.85. The van der Waals surface area contributed by atoms with E-state index in [1.807, 2.05) is 0 Å². The highest BCUT2D eigenvalue weighted by atomic mass is 32.2. The molecule has 7 nitrogen and oxygen atoms in total. The van der Waals surface area contributed by atoms with Crippen LogP contribution < -0.4 is 10.4 Å². The molecule has 0 amide bonds. The minimum absolute atomic E-state index is 0.150. The van der Waals surface area contributed by atoms with E-state index in [0.29, 0.717) is 36.7 Å². The molecule has 0 saturated carbocycles. The Labute approximate surface area is 121 Å². The number of H-pyrrole nitrogens is 2. The topological polar surface area (TPSA) is 104 Å². The first-order valence-corrected chi connectivity index (χ1v) is 8.32. The largest absolute Gasteiger partial charge is 0.381 e. The van der Waals surface area contributed by atoms with E-state index in [9.17, 15) is 13.2 Å². The summed E-state index contributed by atoms with van der Waals surface area (Å²) in [5.74, 6) is 0.310. The molecule has 1 aromatic carbocycles. The normalized spacial score (nSPS) is 17.3. The summed E-state index contributed by atoms with van der Waals surface area (Å²) < 4.78 is 32.4. The molecule has 0 bridgehead atoms. The Morgan fingerprint density at radius 3 is 2.67 bits per heavy atom. The van der Waals surface area contributed by atoms with Crippen LogP contribution in [0, 0.1) is 5.92 Å². The van der Waals surface area contributed by atoms with Crippen LogP contribution in [0.25, 0.3) is 11.0 Å². The van der Waals surface area contributed by atoms with Crippen LogP contribution in [0.3, 0.4) is 0 Å². The Balaban J connectivity index is 1.77. The van der Waals surface area contributed by atoms with Crippen molar-refractivity contribution < 1.29 is 13.2 Å². The first-order valence-electron chi connectivity index (χ1n) is 6.84. The molecule has 114 valence electrons. The lowest BCUT2D eigenvalue weighted by atomic mass is 10.0. The molecule has 1 fully saturated rings. The van der Waals surface area contributed by atoms with Crippen LogP contribution in [-0.4, -0.2) is 38.1 Å². The van der Waals surface area contributed by atoms with Crippen LogP contribution in [-0.2, 0) is 14.8 Å². The Bertz CT molecular complexity index is 787. The predicted octanol–water partition coefficient (Wildman–Crippen LogP) is 0.561. The van der Waals surface area contributed by atoms with Gasteiger partial charge in [-0.15, -0.1) is 0 Å². The maximum atomic E-state index is 12.3. The molecule has 8 heteroatoms. The third kappa shape index (κ3) is 3.17. The van der Waals surface area contributed by atoms with Gasteiger partial charge in [0.05, 0.1) is 15.9 Å². The maximum Gasteiger partial charge on any atom is 0.323 e. The average molecular weight is 311 g/mol. The monoisotopic (exact) mass is 311 g/mol. The minimum atomic E-state index is -3.57. The van der Waals surface area contributed by atoms with Gasteiger partial charge in [0.2, 0.25) is 10.0 Å². The lowest BCUT2D eigenvalue weighted by Gasteiger charge is -2.22. The van der Waals surface area contributed by atoms with E-state index in [4.69, 9.17) is 4.74 Å². The Kier molecular flexibility index (Phi) is 3.83. The summed E-state index contributed by atoms with van der Waals surface area (Å²) in [6.07, 6.45) is 1.74. The number of rotatable bonds is 4. The van der Waals surface area contributed by atoms with Gasteiger partial charge in [-0.05, 0) is 37.0 Å². The number of nitrogens with one attached hydrogen (secondary N) is 3. The van der Waals surface area contributed by atoms with Crippen LogP contribution in [0.15, 0.2) is 27.9 Å². The van der Waals surface area contributed by atoms with Crippen LogP contribution in [0.5, 0.6) is 0 Å². The van der Waals surface area contributed by atoms with Gasteiger partial charge < -0.3 is 14.7 Å². The van der Waals surface area contributed by atoms with Crippen LogP contribution in [0.2, 0.25) is 0 Å². The second-order valence-corrected chi connectivity index (χ2v) is 6.96. The predicted molar refractivity (Wildman–Crippen MR) is 77.7 cm³/mol. The van der Waals surface area contributed by atoms with Gasteiger partial charge in [-0.3, -0.25) is 0 Å².